The molecule has 0 amide bonds. The average Bonchev–Trinajstić information content (AvgIpc) is 3.05. The summed E-state index contributed by atoms with van der Waals surface area (Å²) in [4.78, 5) is 6.82. The van der Waals surface area contributed by atoms with Crippen LogP contribution in [0.2, 0.25) is 5.02 Å². The van der Waals surface area contributed by atoms with Gasteiger partial charge in [0.2, 0.25) is 5.88 Å². The zero-order chi connectivity index (χ0) is 17.4. The molecular weight excluding hydrogens is 354 g/mol. The van der Waals surface area contributed by atoms with Crippen molar-refractivity contribution in [2.24, 2.45) is 0 Å². The first-order valence-electron chi connectivity index (χ1n) is 7.69. The number of fused-ring (bicyclic) bond motifs is 1. The van der Waals surface area contributed by atoms with E-state index in [9.17, 15) is 5.11 Å². The molecule has 0 saturated carbocycles. The number of aromatic hydroxyl groups is 1. The van der Waals surface area contributed by atoms with Crippen LogP contribution in [0.1, 0.15) is 5.69 Å². The van der Waals surface area contributed by atoms with E-state index in [1.807, 2.05) is 30.3 Å². The third kappa shape index (κ3) is 2.97. The summed E-state index contributed by atoms with van der Waals surface area (Å²) in [6, 6.07) is 18.4. The van der Waals surface area contributed by atoms with Gasteiger partial charge in [-0.25, -0.2) is 4.98 Å². The number of aromatic nitrogens is 3. The van der Waals surface area contributed by atoms with E-state index in [0.717, 1.165) is 16.0 Å². The molecule has 25 heavy (non-hydrogen) atoms. The van der Waals surface area contributed by atoms with E-state index < -0.39 is 0 Å². The Bertz CT molecular complexity index is 1050. The summed E-state index contributed by atoms with van der Waals surface area (Å²) >= 11 is 7.74. The van der Waals surface area contributed by atoms with E-state index in [4.69, 9.17) is 11.6 Å². The molecule has 4 rings (SSSR count). The van der Waals surface area contributed by atoms with Gasteiger partial charge in [-0.1, -0.05) is 53.7 Å². The van der Waals surface area contributed by atoms with Crippen molar-refractivity contribution in [2.45, 2.75) is 16.7 Å². The van der Waals surface area contributed by atoms with Gasteiger partial charge in [0, 0.05) is 15.4 Å². The number of aryl methyl sites for hydroxylation is 1. The van der Waals surface area contributed by atoms with Gasteiger partial charge in [-0.3, -0.25) is 0 Å². The third-order valence-corrected chi connectivity index (χ3v) is 5.33. The second-order valence-electron chi connectivity index (χ2n) is 5.57. The van der Waals surface area contributed by atoms with E-state index >= 15 is 0 Å². The second kappa shape index (κ2) is 6.43. The Morgan fingerprint density at radius 3 is 2.40 bits per heavy atom. The Labute approximate surface area is 154 Å². The molecule has 0 aliphatic heterocycles. The van der Waals surface area contributed by atoms with Gasteiger partial charge in [-0.2, -0.15) is 9.61 Å². The minimum absolute atomic E-state index is 0.0910. The lowest BCUT2D eigenvalue weighted by molar-refractivity contribution is 0.435. The molecule has 0 saturated heterocycles. The number of rotatable bonds is 3. The number of hydrogen-bond acceptors (Lipinski definition) is 4. The Morgan fingerprint density at radius 2 is 1.68 bits per heavy atom. The fourth-order valence-corrected chi connectivity index (χ4v) is 3.56. The molecule has 2 aromatic carbocycles. The SMILES string of the molecule is Cc1nc2c(-c3ccc(Sc4ccccc4)cc3)cnn2c(O)c1Cl. The molecule has 0 spiro atoms. The van der Waals surface area contributed by atoms with Gasteiger partial charge in [-0.05, 0) is 36.8 Å². The van der Waals surface area contributed by atoms with Crippen LogP contribution in [0.3, 0.4) is 0 Å². The Hall–Kier alpha value is -2.50. The van der Waals surface area contributed by atoms with Gasteiger partial charge in [0.1, 0.15) is 5.02 Å². The number of halogens is 1. The van der Waals surface area contributed by atoms with Gasteiger partial charge in [0.05, 0.1) is 11.9 Å². The molecule has 0 bridgehead atoms. The molecule has 0 unspecified atom stereocenters. The van der Waals surface area contributed by atoms with Gasteiger partial charge >= 0.3 is 0 Å². The average molecular weight is 368 g/mol. The summed E-state index contributed by atoms with van der Waals surface area (Å²) in [5.74, 6) is -0.0910. The predicted octanol–water partition coefficient (Wildman–Crippen LogP) is 5.21. The minimum atomic E-state index is -0.0910. The van der Waals surface area contributed by atoms with E-state index in [-0.39, 0.29) is 10.9 Å². The van der Waals surface area contributed by atoms with Crippen molar-refractivity contribution in [3.05, 3.63) is 71.5 Å². The van der Waals surface area contributed by atoms with Gasteiger partial charge in [0.15, 0.2) is 5.65 Å². The molecule has 2 aromatic heterocycles. The van der Waals surface area contributed by atoms with Crippen molar-refractivity contribution in [3.63, 3.8) is 0 Å². The number of benzene rings is 2. The van der Waals surface area contributed by atoms with Crippen LogP contribution in [0.15, 0.2) is 70.6 Å². The van der Waals surface area contributed by atoms with Crippen molar-refractivity contribution < 1.29 is 5.11 Å². The maximum absolute atomic E-state index is 10.1. The van der Waals surface area contributed by atoms with Crippen LogP contribution >= 0.6 is 23.4 Å². The van der Waals surface area contributed by atoms with Crippen LogP contribution in [0.4, 0.5) is 0 Å². The summed E-state index contributed by atoms with van der Waals surface area (Å²) < 4.78 is 1.36. The lowest BCUT2D eigenvalue weighted by atomic mass is 10.1. The summed E-state index contributed by atoms with van der Waals surface area (Å²) in [6.45, 7) is 1.76. The van der Waals surface area contributed by atoms with E-state index in [1.165, 1.54) is 9.41 Å². The highest BCUT2D eigenvalue weighted by molar-refractivity contribution is 7.99. The van der Waals surface area contributed by atoms with Crippen LogP contribution < -0.4 is 0 Å². The predicted molar refractivity (Wildman–Crippen MR) is 100 cm³/mol. The normalized spacial score (nSPS) is 11.1. The fraction of sp³-hybridized carbons (Fsp3) is 0.0526. The van der Waals surface area contributed by atoms with Gasteiger partial charge in [-0.15, -0.1) is 0 Å². The summed E-state index contributed by atoms with van der Waals surface area (Å²) in [6.07, 6.45) is 1.69. The lowest BCUT2D eigenvalue weighted by Crippen LogP contribution is -1.95. The number of nitrogens with zero attached hydrogens (tertiary/aromatic N) is 3. The summed E-state index contributed by atoms with van der Waals surface area (Å²) in [7, 11) is 0. The standard InChI is InChI=1S/C19H14ClN3OS/c1-12-17(20)19(24)23-18(22-12)16(11-21-23)13-7-9-15(10-8-13)25-14-5-3-2-4-6-14/h2-11,24H,1H3. The summed E-state index contributed by atoms with van der Waals surface area (Å²) in [5.41, 5.74) is 3.00. The van der Waals surface area contributed by atoms with Crippen molar-refractivity contribution in [1.29, 1.82) is 0 Å². The first kappa shape index (κ1) is 16.0. The Kier molecular flexibility index (Phi) is 4.11. The van der Waals surface area contributed by atoms with E-state index in [0.29, 0.717) is 11.3 Å². The molecule has 0 fully saturated rings. The summed E-state index contributed by atoms with van der Waals surface area (Å²) in [5, 5.41) is 14.6. The largest absolute Gasteiger partial charge is 0.492 e. The minimum Gasteiger partial charge on any atom is -0.492 e. The highest BCUT2D eigenvalue weighted by Gasteiger charge is 2.15. The quantitative estimate of drug-likeness (QED) is 0.539. The fourth-order valence-electron chi connectivity index (χ4n) is 2.60. The van der Waals surface area contributed by atoms with Crippen molar-refractivity contribution in [2.75, 3.05) is 0 Å². The van der Waals surface area contributed by atoms with Crippen LogP contribution in [0.5, 0.6) is 5.88 Å². The molecule has 124 valence electrons. The molecular formula is C19H14ClN3OS. The highest BCUT2D eigenvalue weighted by Crippen LogP contribution is 2.33. The van der Waals surface area contributed by atoms with Gasteiger partial charge in [0.25, 0.3) is 0 Å². The van der Waals surface area contributed by atoms with Crippen molar-refractivity contribution in [1.82, 2.24) is 14.6 Å². The maximum atomic E-state index is 10.1. The molecule has 2 heterocycles. The zero-order valence-corrected chi connectivity index (χ0v) is 14.9. The molecule has 0 aliphatic rings. The first-order chi connectivity index (χ1) is 12.1. The van der Waals surface area contributed by atoms with Gasteiger partial charge < -0.3 is 5.11 Å². The molecule has 6 heteroatoms. The van der Waals surface area contributed by atoms with Crippen LogP contribution in [0, 0.1) is 6.92 Å². The van der Waals surface area contributed by atoms with Crippen molar-refractivity contribution in [3.8, 4) is 17.0 Å². The topological polar surface area (TPSA) is 50.4 Å². The van der Waals surface area contributed by atoms with E-state index in [1.54, 1.807) is 24.9 Å². The molecule has 1 N–H and O–H groups in total. The number of hydrogen-bond donors (Lipinski definition) is 1. The molecule has 0 atom stereocenters. The third-order valence-electron chi connectivity index (χ3n) is 3.88. The van der Waals surface area contributed by atoms with Crippen LogP contribution in [-0.4, -0.2) is 19.7 Å². The Balaban J connectivity index is 1.70. The Morgan fingerprint density at radius 1 is 1.00 bits per heavy atom. The monoisotopic (exact) mass is 367 g/mol. The smallest absolute Gasteiger partial charge is 0.235 e. The second-order valence-corrected chi connectivity index (χ2v) is 7.09. The molecule has 0 aliphatic carbocycles. The first-order valence-corrected chi connectivity index (χ1v) is 8.89. The molecule has 4 nitrogen and oxygen atoms in total. The van der Waals surface area contributed by atoms with Crippen molar-refractivity contribution >= 4 is 29.0 Å². The van der Waals surface area contributed by atoms with Crippen LogP contribution in [0.25, 0.3) is 16.8 Å². The lowest BCUT2D eigenvalue weighted by Gasteiger charge is -2.05. The zero-order valence-electron chi connectivity index (χ0n) is 13.3. The molecule has 0 radical (unpaired) electrons. The molecule has 4 aromatic rings. The van der Waals surface area contributed by atoms with E-state index in [2.05, 4.69) is 34.3 Å². The highest BCUT2D eigenvalue weighted by atomic mass is 35.5. The van der Waals surface area contributed by atoms with Crippen LogP contribution in [-0.2, 0) is 0 Å². The maximum Gasteiger partial charge on any atom is 0.235 e.